The highest BCUT2D eigenvalue weighted by atomic mass is 79.9. The Bertz CT molecular complexity index is 791. The van der Waals surface area contributed by atoms with Crippen molar-refractivity contribution in [3.8, 4) is 11.1 Å². The fraction of sp³-hybridized carbons (Fsp3) is 0.133. The third-order valence-corrected chi connectivity index (χ3v) is 3.68. The van der Waals surface area contributed by atoms with Gasteiger partial charge in [0.15, 0.2) is 0 Å². The monoisotopic (exact) mass is 347 g/mol. The molecule has 0 bridgehead atoms. The highest BCUT2D eigenvalue weighted by molar-refractivity contribution is 9.09. The van der Waals surface area contributed by atoms with Crippen LogP contribution in [0.4, 0.5) is 0 Å². The summed E-state index contributed by atoms with van der Waals surface area (Å²) in [4.78, 5) is 36.5. The number of carbonyl (C=O) groups is 3. The van der Waals surface area contributed by atoms with Gasteiger partial charge in [0.1, 0.15) is 11.2 Å². The van der Waals surface area contributed by atoms with E-state index in [1.807, 2.05) is 0 Å². The fourth-order valence-corrected chi connectivity index (χ4v) is 2.79. The van der Waals surface area contributed by atoms with Crippen LogP contribution in [0.5, 0.6) is 0 Å². The number of carbonyl (C=O) groups excluding carboxylic acids is 3. The lowest BCUT2D eigenvalue weighted by atomic mass is 9.86. The Labute approximate surface area is 128 Å². The number of hydrogen-bond donors (Lipinski definition) is 0. The molecule has 0 aliphatic heterocycles. The summed E-state index contributed by atoms with van der Waals surface area (Å²) in [6.45, 7) is 0. The first-order valence-corrected chi connectivity index (χ1v) is 7.29. The maximum absolute atomic E-state index is 12.3. The SMILES string of the molecule is Cn1cc(C(=O)OCBr)c2c1C(=O)C(=O)c1ccccc1-2. The second kappa shape index (κ2) is 4.96. The molecule has 0 saturated heterocycles. The van der Waals surface area contributed by atoms with Crippen molar-refractivity contribution in [3.05, 3.63) is 47.3 Å². The van der Waals surface area contributed by atoms with Crippen LogP contribution in [-0.2, 0) is 11.8 Å². The lowest BCUT2D eigenvalue weighted by Crippen LogP contribution is -2.23. The summed E-state index contributed by atoms with van der Waals surface area (Å²) in [5.74, 6) is -1.70. The molecule has 3 rings (SSSR count). The number of aromatic nitrogens is 1. The van der Waals surface area contributed by atoms with Crippen LogP contribution in [0.15, 0.2) is 30.5 Å². The standard InChI is InChI=1S/C15H10BrNO4/c1-17-6-10(15(20)21-7-16)11-8-4-2-3-5-9(8)13(18)14(19)12(11)17/h2-6H,7H2,1H3. The fourth-order valence-electron chi connectivity index (χ4n) is 2.58. The summed E-state index contributed by atoms with van der Waals surface area (Å²) in [5.41, 5.74) is 1.92. The molecule has 0 spiro atoms. The average Bonchev–Trinajstić information content (AvgIpc) is 2.83. The number of esters is 1. The normalized spacial score (nSPS) is 12.9. The van der Waals surface area contributed by atoms with Gasteiger partial charge in [-0.3, -0.25) is 9.59 Å². The van der Waals surface area contributed by atoms with Gasteiger partial charge >= 0.3 is 5.97 Å². The molecular weight excluding hydrogens is 338 g/mol. The van der Waals surface area contributed by atoms with Gasteiger partial charge in [0.05, 0.1) is 5.56 Å². The van der Waals surface area contributed by atoms with Crippen LogP contribution in [0.3, 0.4) is 0 Å². The Morgan fingerprint density at radius 2 is 1.86 bits per heavy atom. The van der Waals surface area contributed by atoms with E-state index in [4.69, 9.17) is 4.74 Å². The quantitative estimate of drug-likeness (QED) is 0.475. The van der Waals surface area contributed by atoms with Crippen molar-refractivity contribution in [1.29, 1.82) is 0 Å². The Balaban J connectivity index is 2.32. The molecule has 106 valence electrons. The van der Waals surface area contributed by atoms with E-state index in [1.54, 1.807) is 31.3 Å². The molecule has 0 radical (unpaired) electrons. The second-order valence-corrected chi connectivity index (χ2v) is 5.08. The van der Waals surface area contributed by atoms with Gasteiger partial charge < -0.3 is 9.30 Å². The highest BCUT2D eigenvalue weighted by Gasteiger charge is 2.36. The summed E-state index contributed by atoms with van der Waals surface area (Å²) < 4.78 is 6.45. The summed E-state index contributed by atoms with van der Waals surface area (Å²) in [7, 11) is 1.63. The maximum Gasteiger partial charge on any atom is 0.341 e. The van der Waals surface area contributed by atoms with Crippen LogP contribution in [0.25, 0.3) is 11.1 Å². The minimum Gasteiger partial charge on any atom is -0.450 e. The van der Waals surface area contributed by atoms with E-state index < -0.39 is 17.5 Å². The van der Waals surface area contributed by atoms with Crippen LogP contribution in [0.1, 0.15) is 31.2 Å². The van der Waals surface area contributed by atoms with Crippen molar-refractivity contribution in [1.82, 2.24) is 4.57 Å². The molecule has 1 aromatic heterocycles. The molecule has 2 aromatic rings. The summed E-state index contributed by atoms with van der Waals surface area (Å²) in [6.07, 6.45) is 1.52. The molecule has 1 heterocycles. The number of rotatable bonds is 2. The maximum atomic E-state index is 12.3. The van der Waals surface area contributed by atoms with Crippen LogP contribution in [0, 0.1) is 0 Å². The topological polar surface area (TPSA) is 65.4 Å². The van der Waals surface area contributed by atoms with Gasteiger partial charge in [0.2, 0.25) is 5.78 Å². The molecule has 6 heteroatoms. The number of halogens is 1. The van der Waals surface area contributed by atoms with Crippen molar-refractivity contribution in [2.24, 2.45) is 7.05 Å². The molecule has 1 aromatic carbocycles. The molecule has 5 nitrogen and oxygen atoms in total. The third-order valence-electron chi connectivity index (χ3n) is 3.45. The van der Waals surface area contributed by atoms with Crippen molar-refractivity contribution < 1.29 is 19.1 Å². The number of hydrogen-bond acceptors (Lipinski definition) is 4. The lowest BCUT2D eigenvalue weighted by molar-refractivity contribution is 0.0584. The van der Waals surface area contributed by atoms with Gasteiger partial charge in [-0.05, 0) is 21.5 Å². The van der Waals surface area contributed by atoms with Gasteiger partial charge in [0.25, 0.3) is 5.78 Å². The predicted molar refractivity (Wildman–Crippen MR) is 78.7 cm³/mol. The van der Waals surface area contributed by atoms with Gasteiger partial charge in [0, 0.05) is 24.4 Å². The Morgan fingerprint density at radius 3 is 2.52 bits per heavy atom. The smallest absolute Gasteiger partial charge is 0.341 e. The van der Waals surface area contributed by atoms with E-state index in [0.29, 0.717) is 16.7 Å². The Hall–Kier alpha value is -2.21. The summed E-state index contributed by atoms with van der Waals surface area (Å²) in [6, 6.07) is 6.77. The summed E-state index contributed by atoms with van der Waals surface area (Å²) in [5, 5.41) is 0. The first-order valence-electron chi connectivity index (χ1n) is 6.17. The van der Waals surface area contributed by atoms with Gasteiger partial charge in [-0.1, -0.05) is 24.3 Å². The van der Waals surface area contributed by atoms with Crippen LogP contribution >= 0.6 is 15.9 Å². The zero-order chi connectivity index (χ0) is 15.1. The first kappa shape index (κ1) is 13.8. The molecule has 0 fully saturated rings. The highest BCUT2D eigenvalue weighted by Crippen LogP contribution is 2.37. The van der Waals surface area contributed by atoms with Crippen LogP contribution in [-0.4, -0.2) is 27.6 Å². The molecule has 0 N–H and O–H groups in total. The van der Waals surface area contributed by atoms with Crippen LogP contribution < -0.4 is 0 Å². The van der Waals surface area contributed by atoms with Crippen molar-refractivity contribution in [2.45, 2.75) is 0 Å². The number of ether oxygens (including phenoxy) is 1. The van der Waals surface area contributed by atoms with Crippen molar-refractivity contribution in [3.63, 3.8) is 0 Å². The molecule has 0 saturated carbocycles. The molecule has 1 aliphatic carbocycles. The number of ketones is 2. The van der Waals surface area contributed by atoms with Crippen molar-refractivity contribution >= 4 is 33.5 Å². The number of aryl methyl sites for hydroxylation is 1. The zero-order valence-corrected chi connectivity index (χ0v) is 12.6. The molecule has 0 unspecified atom stereocenters. The van der Waals surface area contributed by atoms with E-state index in [1.165, 1.54) is 10.8 Å². The van der Waals surface area contributed by atoms with Gasteiger partial charge in [-0.15, -0.1) is 0 Å². The third kappa shape index (κ3) is 1.94. The van der Waals surface area contributed by atoms with Gasteiger partial charge in [-0.2, -0.15) is 0 Å². The van der Waals surface area contributed by atoms with E-state index in [-0.39, 0.29) is 16.8 Å². The molecular formula is C15H10BrNO4. The van der Waals surface area contributed by atoms with Crippen molar-refractivity contribution in [2.75, 3.05) is 5.52 Å². The zero-order valence-electron chi connectivity index (χ0n) is 11.1. The Morgan fingerprint density at radius 1 is 1.19 bits per heavy atom. The Kier molecular flexibility index (Phi) is 3.25. The number of nitrogens with zero attached hydrogens (tertiary/aromatic N) is 1. The van der Waals surface area contributed by atoms with E-state index in [0.717, 1.165) is 0 Å². The summed E-state index contributed by atoms with van der Waals surface area (Å²) >= 11 is 3.03. The minimum atomic E-state index is -0.607. The number of Topliss-reactive ketones (excluding diaryl/α,β-unsaturated/α-hetero) is 2. The molecule has 0 atom stereocenters. The number of fused-ring (bicyclic) bond motifs is 3. The van der Waals surface area contributed by atoms with E-state index in [9.17, 15) is 14.4 Å². The van der Waals surface area contributed by atoms with E-state index >= 15 is 0 Å². The van der Waals surface area contributed by atoms with Crippen LogP contribution in [0.2, 0.25) is 0 Å². The lowest BCUT2D eigenvalue weighted by Gasteiger charge is -2.16. The second-order valence-electron chi connectivity index (χ2n) is 4.62. The number of alkyl halides is 1. The minimum absolute atomic E-state index is 0.0595. The molecule has 1 aliphatic rings. The predicted octanol–water partition coefficient (Wildman–Crippen LogP) is 2.58. The first-order chi connectivity index (χ1) is 10.1. The van der Waals surface area contributed by atoms with E-state index in [2.05, 4.69) is 15.9 Å². The number of benzene rings is 1. The van der Waals surface area contributed by atoms with Gasteiger partial charge in [-0.25, -0.2) is 4.79 Å². The molecule has 21 heavy (non-hydrogen) atoms. The average molecular weight is 348 g/mol. The largest absolute Gasteiger partial charge is 0.450 e. The molecule has 0 amide bonds.